The van der Waals surface area contributed by atoms with Crippen molar-refractivity contribution in [1.82, 2.24) is 20.1 Å². The minimum atomic E-state index is -0.353. The molecule has 0 saturated carbocycles. The number of nitrogens with zero attached hydrogens (tertiary/aromatic N) is 3. The lowest BCUT2D eigenvalue weighted by Crippen LogP contribution is -2.32. The Bertz CT molecular complexity index is 1210. The summed E-state index contributed by atoms with van der Waals surface area (Å²) in [6.45, 7) is 2.47. The zero-order valence-electron chi connectivity index (χ0n) is 18.2. The topological polar surface area (TPSA) is 69.0 Å². The molecule has 1 amide bonds. The molecule has 4 rings (SSSR count). The van der Waals surface area contributed by atoms with Crippen molar-refractivity contribution in [2.45, 2.75) is 23.8 Å². The Morgan fingerprint density at radius 2 is 1.94 bits per heavy atom. The zero-order chi connectivity index (χ0) is 23.2. The SMILES string of the molecule is COc1ccccc1-c1nnc(SC(C)C(=O)NCCc2cccs2)n1-c1ccc(Cl)cc1. The van der Waals surface area contributed by atoms with Crippen molar-refractivity contribution in [1.29, 1.82) is 0 Å². The number of halogens is 1. The first-order valence-electron chi connectivity index (χ1n) is 10.4. The molecule has 2 aromatic heterocycles. The Morgan fingerprint density at radius 1 is 1.15 bits per heavy atom. The first-order valence-corrected chi connectivity index (χ1v) is 12.5. The summed E-state index contributed by atoms with van der Waals surface area (Å²) in [6, 6.07) is 19.2. The van der Waals surface area contributed by atoms with Crippen LogP contribution >= 0.6 is 34.7 Å². The van der Waals surface area contributed by atoms with Crippen LogP contribution in [0.4, 0.5) is 0 Å². The fourth-order valence-corrected chi connectivity index (χ4v) is 5.02. The molecule has 0 aliphatic heterocycles. The molecule has 1 N–H and O–H groups in total. The van der Waals surface area contributed by atoms with Crippen LogP contribution in [0.3, 0.4) is 0 Å². The van der Waals surface area contributed by atoms with Crippen molar-refractivity contribution < 1.29 is 9.53 Å². The van der Waals surface area contributed by atoms with Crippen LogP contribution in [0.25, 0.3) is 17.1 Å². The van der Waals surface area contributed by atoms with Crippen molar-refractivity contribution >= 4 is 40.6 Å². The van der Waals surface area contributed by atoms with Gasteiger partial charge in [0.25, 0.3) is 0 Å². The Kier molecular flexibility index (Phi) is 7.69. The van der Waals surface area contributed by atoms with Gasteiger partial charge in [-0.1, -0.05) is 41.6 Å². The molecule has 2 aromatic carbocycles. The number of hydrogen-bond donors (Lipinski definition) is 1. The van der Waals surface area contributed by atoms with Crippen molar-refractivity contribution in [3.63, 3.8) is 0 Å². The Morgan fingerprint density at radius 3 is 2.67 bits per heavy atom. The lowest BCUT2D eigenvalue weighted by Gasteiger charge is -2.15. The largest absolute Gasteiger partial charge is 0.496 e. The van der Waals surface area contributed by atoms with Crippen LogP contribution in [0.5, 0.6) is 5.75 Å². The van der Waals surface area contributed by atoms with Gasteiger partial charge in [0, 0.05) is 22.1 Å². The number of aromatic nitrogens is 3. The maximum absolute atomic E-state index is 12.7. The number of hydrogen-bond acceptors (Lipinski definition) is 6. The summed E-state index contributed by atoms with van der Waals surface area (Å²) in [5.41, 5.74) is 1.65. The molecule has 1 unspecified atom stereocenters. The van der Waals surface area contributed by atoms with Gasteiger partial charge in [-0.3, -0.25) is 9.36 Å². The summed E-state index contributed by atoms with van der Waals surface area (Å²) in [4.78, 5) is 14.0. The number of thioether (sulfide) groups is 1. The minimum Gasteiger partial charge on any atom is -0.496 e. The third-order valence-corrected chi connectivity index (χ3v) is 7.20. The number of nitrogens with one attached hydrogen (secondary N) is 1. The second kappa shape index (κ2) is 10.9. The van der Waals surface area contributed by atoms with Crippen LogP contribution in [0.15, 0.2) is 71.2 Å². The molecular formula is C24H23ClN4O2S2. The van der Waals surface area contributed by atoms with Gasteiger partial charge in [-0.05, 0) is 61.2 Å². The molecule has 0 fully saturated rings. The summed E-state index contributed by atoms with van der Waals surface area (Å²) in [5, 5.41) is 14.8. The van der Waals surface area contributed by atoms with E-state index in [-0.39, 0.29) is 11.2 Å². The lowest BCUT2D eigenvalue weighted by molar-refractivity contribution is -0.120. The average molecular weight is 499 g/mol. The molecule has 6 nitrogen and oxygen atoms in total. The summed E-state index contributed by atoms with van der Waals surface area (Å²) in [7, 11) is 1.63. The highest BCUT2D eigenvalue weighted by Gasteiger charge is 2.23. The summed E-state index contributed by atoms with van der Waals surface area (Å²) in [6.07, 6.45) is 0.819. The fraction of sp³-hybridized carbons (Fsp3) is 0.208. The highest BCUT2D eigenvalue weighted by atomic mass is 35.5. The number of thiophene rings is 1. The summed E-state index contributed by atoms with van der Waals surface area (Å²) >= 11 is 9.16. The van der Waals surface area contributed by atoms with Crippen molar-refractivity contribution in [3.05, 3.63) is 75.9 Å². The first-order chi connectivity index (χ1) is 16.1. The van der Waals surface area contributed by atoms with Crippen molar-refractivity contribution in [2.24, 2.45) is 0 Å². The molecule has 2 heterocycles. The Hall–Kier alpha value is -2.81. The van der Waals surface area contributed by atoms with E-state index in [0.29, 0.717) is 28.3 Å². The van der Waals surface area contributed by atoms with Crippen LogP contribution in [0, 0.1) is 0 Å². The normalized spacial score (nSPS) is 11.8. The summed E-state index contributed by atoms with van der Waals surface area (Å²) < 4.78 is 7.47. The highest BCUT2D eigenvalue weighted by molar-refractivity contribution is 8.00. The van der Waals surface area contributed by atoms with E-state index in [0.717, 1.165) is 17.7 Å². The van der Waals surface area contributed by atoms with Gasteiger partial charge in [-0.15, -0.1) is 21.5 Å². The van der Waals surface area contributed by atoms with Crippen LogP contribution in [0.1, 0.15) is 11.8 Å². The predicted molar refractivity (Wildman–Crippen MR) is 135 cm³/mol. The standard InChI is InChI=1S/C24H23ClN4O2S2/c1-16(23(30)26-14-13-19-6-5-15-32-19)33-24-28-27-22(20-7-3-4-8-21(20)31-2)29(24)18-11-9-17(25)10-12-18/h3-12,15-16H,13-14H2,1-2H3,(H,26,30). The van der Waals surface area contributed by atoms with Gasteiger partial charge in [-0.2, -0.15) is 0 Å². The van der Waals surface area contributed by atoms with E-state index in [9.17, 15) is 4.79 Å². The number of ether oxygens (including phenoxy) is 1. The molecule has 0 radical (unpaired) electrons. The molecule has 0 bridgehead atoms. The number of para-hydroxylation sites is 1. The average Bonchev–Trinajstić information content (AvgIpc) is 3.49. The smallest absolute Gasteiger partial charge is 0.233 e. The van der Waals surface area contributed by atoms with Gasteiger partial charge < -0.3 is 10.1 Å². The van der Waals surface area contributed by atoms with E-state index in [1.807, 2.05) is 71.5 Å². The van der Waals surface area contributed by atoms with Crippen LogP contribution < -0.4 is 10.1 Å². The van der Waals surface area contributed by atoms with Crippen LogP contribution in [-0.2, 0) is 11.2 Å². The monoisotopic (exact) mass is 498 g/mol. The maximum Gasteiger partial charge on any atom is 0.233 e. The van der Waals surface area contributed by atoms with Crippen molar-refractivity contribution in [3.8, 4) is 22.8 Å². The van der Waals surface area contributed by atoms with Crippen LogP contribution in [-0.4, -0.2) is 39.6 Å². The van der Waals surface area contributed by atoms with E-state index in [2.05, 4.69) is 21.6 Å². The molecule has 0 saturated heterocycles. The van der Waals surface area contributed by atoms with E-state index in [1.54, 1.807) is 18.4 Å². The molecular weight excluding hydrogens is 476 g/mol. The van der Waals surface area contributed by atoms with Gasteiger partial charge in [0.1, 0.15) is 5.75 Å². The lowest BCUT2D eigenvalue weighted by atomic mass is 10.2. The van der Waals surface area contributed by atoms with E-state index >= 15 is 0 Å². The Balaban J connectivity index is 1.59. The molecule has 9 heteroatoms. The number of carbonyl (C=O) groups is 1. The van der Waals surface area contributed by atoms with Gasteiger partial charge in [0.15, 0.2) is 11.0 Å². The second-order valence-electron chi connectivity index (χ2n) is 7.20. The second-order valence-corrected chi connectivity index (χ2v) is 9.98. The quantitative estimate of drug-likeness (QED) is 0.309. The zero-order valence-corrected chi connectivity index (χ0v) is 20.6. The first kappa shape index (κ1) is 23.4. The molecule has 0 spiro atoms. The molecule has 1 atom stereocenters. The van der Waals surface area contributed by atoms with E-state index in [1.165, 1.54) is 16.6 Å². The van der Waals surface area contributed by atoms with E-state index in [4.69, 9.17) is 16.3 Å². The van der Waals surface area contributed by atoms with Gasteiger partial charge in [-0.25, -0.2) is 0 Å². The highest BCUT2D eigenvalue weighted by Crippen LogP contribution is 2.34. The van der Waals surface area contributed by atoms with Crippen LogP contribution in [0.2, 0.25) is 5.02 Å². The van der Waals surface area contributed by atoms with Crippen molar-refractivity contribution in [2.75, 3.05) is 13.7 Å². The number of rotatable bonds is 9. The van der Waals surface area contributed by atoms with E-state index < -0.39 is 0 Å². The summed E-state index contributed by atoms with van der Waals surface area (Å²) in [5.74, 6) is 1.28. The number of benzene rings is 2. The van der Waals surface area contributed by atoms with Gasteiger partial charge >= 0.3 is 0 Å². The van der Waals surface area contributed by atoms with Gasteiger partial charge in [0.05, 0.1) is 17.9 Å². The molecule has 170 valence electrons. The molecule has 33 heavy (non-hydrogen) atoms. The number of methoxy groups -OCH3 is 1. The predicted octanol–water partition coefficient (Wildman–Crippen LogP) is 5.50. The number of amides is 1. The third-order valence-electron chi connectivity index (χ3n) is 4.97. The molecule has 0 aliphatic rings. The molecule has 0 aliphatic carbocycles. The third kappa shape index (κ3) is 5.58. The fourth-order valence-electron chi connectivity index (χ4n) is 3.29. The maximum atomic E-state index is 12.7. The van der Waals surface area contributed by atoms with Gasteiger partial charge in [0.2, 0.25) is 5.91 Å². The molecule has 4 aromatic rings. The minimum absolute atomic E-state index is 0.0407. The Labute approximate surface area is 206 Å². The number of carbonyl (C=O) groups excluding carboxylic acids is 1.